The summed E-state index contributed by atoms with van der Waals surface area (Å²) in [7, 11) is 0. The molecule has 8 heteroatoms. The lowest BCUT2D eigenvalue weighted by Gasteiger charge is -2.19. The first-order chi connectivity index (χ1) is 13.6. The number of nitrogens with one attached hydrogen (secondary N) is 1. The minimum Gasteiger partial charge on any atom is -0.484 e. The Morgan fingerprint density at radius 1 is 1.34 bits per heavy atom. The summed E-state index contributed by atoms with van der Waals surface area (Å²) in [6.07, 6.45) is -2.64. The Kier molecular flexibility index (Phi) is 7.21. The fourth-order valence-electron chi connectivity index (χ4n) is 3.60. The van der Waals surface area contributed by atoms with E-state index in [1.54, 1.807) is 13.8 Å². The Morgan fingerprint density at radius 3 is 2.62 bits per heavy atom. The van der Waals surface area contributed by atoms with Crippen molar-refractivity contribution >= 4 is 17.5 Å². The highest BCUT2D eigenvalue weighted by Crippen LogP contribution is 2.39. The van der Waals surface area contributed by atoms with Gasteiger partial charge in [0.05, 0.1) is 0 Å². The fourth-order valence-corrected chi connectivity index (χ4v) is 3.60. The Labute approximate surface area is 167 Å². The standard InChI is InChI=1S/C21H24F3NO4/c1-4-6-25-17(27)10-14-9-16(26)19(20(14)28)18-12(3)7-15(8-13(18)5-2)29-11-21(22,23)24/h4,7-8,14,19H,1,5-6,9-11H2,2-3H3,(H,25,27). The van der Waals surface area contributed by atoms with Crippen LogP contribution in [0.5, 0.6) is 5.75 Å². The summed E-state index contributed by atoms with van der Waals surface area (Å²) in [4.78, 5) is 37.4. The number of amides is 1. The molecule has 158 valence electrons. The van der Waals surface area contributed by atoms with Gasteiger partial charge in [-0.05, 0) is 42.2 Å². The molecule has 2 rings (SSSR count). The lowest BCUT2D eigenvalue weighted by atomic mass is 9.85. The highest BCUT2D eigenvalue weighted by atomic mass is 19.4. The number of hydrogen-bond acceptors (Lipinski definition) is 4. The number of carbonyl (C=O) groups is 3. The molecule has 1 amide bonds. The summed E-state index contributed by atoms with van der Waals surface area (Å²) in [6, 6.07) is 2.85. The predicted molar refractivity (Wildman–Crippen MR) is 101 cm³/mol. The highest BCUT2D eigenvalue weighted by molar-refractivity contribution is 6.15. The normalized spacial score (nSPS) is 19.3. The molecule has 1 fully saturated rings. The molecule has 0 bridgehead atoms. The number of Topliss-reactive ketones (excluding diaryl/α,β-unsaturated/α-hetero) is 2. The zero-order valence-electron chi connectivity index (χ0n) is 16.4. The Hall–Kier alpha value is -2.64. The summed E-state index contributed by atoms with van der Waals surface area (Å²) in [5.74, 6) is -2.61. The number of benzene rings is 1. The van der Waals surface area contributed by atoms with Crippen molar-refractivity contribution in [3.05, 3.63) is 41.5 Å². The molecule has 2 unspecified atom stereocenters. The van der Waals surface area contributed by atoms with Crippen molar-refractivity contribution in [2.24, 2.45) is 5.92 Å². The Bertz CT molecular complexity index is 817. The molecule has 0 saturated heterocycles. The third kappa shape index (κ3) is 5.68. The highest BCUT2D eigenvalue weighted by Gasteiger charge is 2.44. The monoisotopic (exact) mass is 411 g/mol. The van der Waals surface area contributed by atoms with Gasteiger partial charge in [-0.15, -0.1) is 6.58 Å². The summed E-state index contributed by atoms with van der Waals surface area (Å²) in [5.41, 5.74) is 1.62. The SMILES string of the molecule is C=CCNC(=O)CC1CC(=O)C(c2c(C)cc(OCC(F)(F)F)cc2CC)C1=O. The number of hydrogen-bond donors (Lipinski definition) is 1. The van der Waals surface area contributed by atoms with E-state index < -0.39 is 24.6 Å². The summed E-state index contributed by atoms with van der Waals surface area (Å²) >= 11 is 0. The zero-order chi connectivity index (χ0) is 21.8. The van der Waals surface area contributed by atoms with Crippen molar-refractivity contribution < 1.29 is 32.3 Å². The van der Waals surface area contributed by atoms with Crippen molar-refractivity contribution in [2.45, 2.75) is 45.2 Å². The number of carbonyl (C=O) groups excluding carboxylic acids is 3. The van der Waals surface area contributed by atoms with Crippen LogP contribution in [-0.2, 0) is 20.8 Å². The van der Waals surface area contributed by atoms with Crippen molar-refractivity contribution in [3.63, 3.8) is 0 Å². The van der Waals surface area contributed by atoms with Crippen LogP contribution < -0.4 is 10.1 Å². The second-order valence-electron chi connectivity index (χ2n) is 7.07. The number of ketones is 2. The Balaban J connectivity index is 2.26. The molecule has 1 aliphatic rings. The van der Waals surface area contributed by atoms with Gasteiger partial charge in [0.2, 0.25) is 5.91 Å². The van der Waals surface area contributed by atoms with Crippen molar-refractivity contribution in [1.29, 1.82) is 0 Å². The number of ether oxygens (including phenoxy) is 1. The van der Waals surface area contributed by atoms with Crippen molar-refractivity contribution in [2.75, 3.05) is 13.2 Å². The van der Waals surface area contributed by atoms with Gasteiger partial charge in [-0.3, -0.25) is 14.4 Å². The van der Waals surface area contributed by atoms with E-state index >= 15 is 0 Å². The van der Waals surface area contributed by atoms with E-state index in [1.807, 2.05) is 0 Å². The smallest absolute Gasteiger partial charge is 0.422 e. The number of rotatable bonds is 8. The van der Waals surface area contributed by atoms with Gasteiger partial charge in [0, 0.05) is 25.3 Å². The molecule has 0 spiro atoms. The average Bonchev–Trinajstić information content (AvgIpc) is 2.90. The van der Waals surface area contributed by atoms with Crippen LogP contribution in [0.2, 0.25) is 0 Å². The van der Waals surface area contributed by atoms with Gasteiger partial charge in [0.25, 0.3) is 0 Å². The van der Waals surface area contributed by atoms with E-state index in [-0.39, 0.29) is 42.6 Å². The van der Waals surface area contributed by atoms with E-state index in [9.17, 15) is 27.6 Å². The van der Waals surface area contributed by atoms with Gasteiger partial charge in [-0.25, -0.2) is 0 Å². The number of halogens is 3. The van der Waals surface area contributed by atoms with Gasteiger partial charge in [-0.1, -0.05) is 13.0 Å². The first-order valence-electron chi connectivity index (χ1n) is 9.34. The maximum Gasteiger partial charge on any atom is 0.422 e. The van der Waals surface area contributed by atoms with Gasteiger partial charge >= 0.3 is 6.18 Å². The summed E-state index contributed by atoms with van der Waals surface area (Å²) in [6.45, 7) is 5.78. The van der Waals surface area contributed by atoms with E-state index in [2.05, 4.69) is 11.9 Å². The minimum absolute atomic E-state index is 0.0278. The largest absolute Gasteiger partial charge is 0.484 e. The third-order valence-electron chi connectivity index (χ3n) is 4.85. The molecule has 5 nitrogen and oxygen atoms in total. The van der Waals surface area contributed by atoms with Crippen LogP contribution in [0.3, 0.4) is 0 Å². The molecule has 0 heterocycles. The molecular weight excluding hydrogens is 387 g/mol. The molecule has 2 atom stereocenters. The van der Waals surface area contributed by atoms with Crippen LogP contribution in [-0.4, -0.2) is 36.8 Å². The van der Waals surface area contributed by atoms with Crippen LogP contribution >= 0.6 is 0 Å². The Morgan fingerprint density at radius 2 is 2.03 bits per heavy atom. The van der Waals surface area contributed by atoms with E-state index in [1.165, 1.54) is 18.2 Å². The molecule has 0 aliphatic heterocycles. The number of alkyl halides is 3. The lowest BCUT2D eigenvalue weighted by Crippen LogP contribution is -2.27. The van der Waals surface area contributed by atoms with Crippen LogP contribution in [0.25, 0.3) is 0 Å². The fraction of sp³-hybridized carbons (Fsp3) is 0.476. The van der Waals surface area contributed by atoms with Crippen LogP contribution in [0.15, 0.2) is 24.8 Å². The second-order valence-corrected chi connectivity index (χ2v) is 7.07. The molecule has 1 N–H and O–H groups in total. The van der Waals surface area contributed by atoms with Crippen LogP contribution in [0, 0.1) is 12.8 Å². The lowest BCUT2D eigenvalue weighted by molar-refractivity contribution is -0.153. The van der Waals surface area contributed by atoms with Gasteiger partial charge < -0.3 is 10.1 Å². The predicted octanol–water partition coefficient (Wildman–Crippen LogP) is 3.43. The number of aryl methyl sites for hydroxylation is 2. The molecular formula is C21H24F3NO4. The first-order valence-corrected chi connectivity index (χ1v) is 9.34. The van der Waals surface area contributed by atoms with E-state index in [0.29, 0.717) is 23.1 Å². The first kappa shape index (κ1) is 22.6. The average molecular weight is 411 g/mol. The molecule has 1 aliphatic carbocycles. The minimum atomic E-state index is -4.46. The molecule has 0 radical (unpaired) electrons. The second kappa shape index (κ2) is 9.24. The van der Waals surface area contributed by atoms with Gasteiger partial charge in [-0.2, -0.15) is 13.2 Å². The molecule has 29 heavy (non-hydrogen) atoms. The van der Waals surface area contributed by atoms with Crippen molar-refractivity contribution in [3.8, 4) is 5.75 Å². The maximum absolute atomic E-state index is 12.9. The van der Waals surface area contributed by atoms with Crippen molar-refractivity contribution in [1.82, 2.24) is 5.32 Å². The van der Waals surface area contributed by atoms with Crippen LogP contribution in [0.1, 0.15) is 42.4 Å². The van der Waals surface area contributed by atoms with Gasteiger partial charge in [0.1, 0.15) is 17.5 Å². The molecule has 1 aromatic carbocycles. The van der Waals surface area contributed by atoms with Gasteiger partial charge in [0.15, 0.2) is 12.4 Å². The van der Waals surface area contributed by atoms with E-state index in [4.69, 9.17) is 4.74 Å². The van der Waals surface area contributed by atoms with Crippen LogP contribution in [0.4, 0.5) is 13.2 Å². The maximum atomic E-state index is 12.9. The molecule has 1 aromatic rings. The molecule has 0 aromatic heterocycles. The van der Waals surface area contributed by atoms with E-state index in [0.717, 1.165) is 0 Å². The zero-order valence-corrected chi connectivity index (χ0v) is 16.4. The quantitative estimate of drug-likeness (QED) is 0.526. The topological polar surface area (TPSA) is 72.5 Å². The summed E-state index contributed by atoms with van der Waals surface area (Å²) in [5, 5.41) is 2.59. The summed E-state index contributed by atoms with van der Waals surface area (Å²) < 4.78 is 42.1. The third-order valence-corrected chi connectivity index (χ3v) is 4.85. The molecule has 1 saturated carbocycles.